The van der Waals surface area contributed by atoms with Crippen molar-refractivity contribution in [1.29, 1.82) is 5.26 Å². The van der Waals surface area contributed by atoms with Crippen molar-refractivity contribution >= 4 is 21.9 Å². The van der Waals surface area contributed by atoms with Gasteiger partial charge in [0.2, 0.25) is 0 Å². The van der Waals surface area contributed by atoms with Crippen LogP contribution in [0.25, 0.3) is 21.9 Å². The number of aromatic nitrogens is 3. The average Bonchev–Trinajstić information content (AvgIpc) is 3.16. The van der Waals surface area contributed by atoms with Crippen LogP contribution < -0.4 is 0 Å². The molecule has 0 spiro atoms. The van der Waals surface area contributed by atoms with E-state index in [1.807, 2.05) is 12.3 Å². The third-order valence-electron chi connectivity index (χ3n) is 4.46. The Balaban J connectivity index is 1.83. The predicted molar refractivity (Wildman–Crippen MR) is 91.3 cm³/mol. The second-order valence-electron chi connectivity index (χ2n) is 6.08. The van der Waals surface area contributed by atoms with Crippen molar-refractivity contribution < 1.29 is 4.39 Å². The Kier molecular flexibility index (Phi) is 3.14. The third-order valence-corrected chi connectivity index (χ3v) is 4.46. The minimum Gasteiger partial charge on any atom is -0.361 e. The topological polar surface area (TPSA) is 68.3 Å². The second-order valence-corrected chi connectivity index (χ2v) is 6.08. The molecule has 0 saturated heterocycles. The number of nitriles is 1. The third kappa shape index (κ3) is 2.16. The fourth-order valence-electron chi connectivity index (χ4n) is 3.30. The van der Waals surface area contributed by atoms with E-state index in [1.165, 1.54) is 34.2 Å². The highest BCUT2D eigenvalue weighted by Gasteiger charge is 2.13. The van der Waals surface area contributed by atoms with Crippen LogP contribution in [0.3, 0.4) is 0 Å². The molecule has 4 nitrogen and oxygen atoms in total. The highest BCUT2D eigenvalue weighted by molar-refractivity contribution is 5.87. The molecule has 0 fully saturated rings. The normalized spacial score (nSPS) is 11.2. The summed E-state index contributed by atoms with van der Waals surface area (Å²) in [5.41, 5.74) is 5.96. The van der Waals surface area contributed by atoms with Gasteiger partial charge in [-0.25, -0.2) is 9.37 Å². The van der Waals surface area contributed by atoms with Gasteiger partial charge < -0.3 is 9.97 Å². The molecule has 2 aromatic carbocycles. The van der Waals surface area contributed by atoms with Crippen LogP contribution in [0.1, 0.15) is 28.1 Å². The Bertz CT molecular complexity index is 1130. The summed E-state index contributed by atoms with van der Waals surface area (Å²) < 4.78 is 13.8. The first-order valence-corrected chi connectivity index (χ1v) is 7.71. The van der Waals surface area contributed by atoms with Gasteiger partial charge in [0.05, 0.1) is 16.6 Å². The molecule has 4 aromatic rings. The zero-order valence-corrected chi connectivity index (χ0v) is 13.4. The summed E-state index contributed by atoms with van der Waals surface area (Å²) in [5.74, 6) is 0.230. The Morgan fingerprint density at radius 3 is 2.83 bits per heavy atom. The van der Waals surface area contributed by atoms with Crippen molar-refractivity contribution in [2.24, 2.45) is 0 Å². The molecule has 0 atom stereocenters. The van der Waals surface area contributed by atoms with E-state index in [0.717, 1.165) is 11.3 Å². The Labute approximate surface area is 138 Å². The molecule has 2 heterocycles. The van der Waals surface area contributed by atoms with Gasteiger partial charge in [0.1, 0.15) is 17.7 Å². The van der Waals surface area contributed by atoms with Gasteiger partial charge in [-0.05, 0) is 42.7 Å². The molecule has 0 aliphatic carbocycles. The molecule has 118 valence electrons. The number of imidazole rings is 1. The van der Waals surface area contributed by atoms with E-state index in [1.54, 1.807) is 0 Å². The Hall–Kier alpha value is -3.13. The summed E-state index contributed by atoms with van der Waals surface area (Å²) >= 11 is 0. The van der Waals surface area contributed by atoms with E-state index in [-0.39, 0.29) is 5.56 Å². The lowest BCUT2D eigenvalue weighted by Gasteiger charge is -2.08. The predicted octanol–water partition coefficient (Wildman–Crippen LogP) is 4.26. The molecule has 24 heavy (non-hydrogen) atoms. The lowest BCUT2D eigenvalue weighted by atomic mass is 9.98. The van der Waals surface area contributed by atoms with Crippen molar-refractivity contribution in [3.8, 4) is 6.07 Å². The molecule has 0 unspecified atom stereocenters. The summed E-state index contributed by atoms with van der Waals surface area (Å²) in [6.45, 7) is 4.17. The number of hydrogen-bond donors (Lipinski definition) is 2. The van der Waals surface area contributed by atoms with Crippen LogP contribution in [0.4, 0.5) is 4.39 Å². The molecule has 0 aliphatic heterocycles. The number of halogens is 1. The van der Waals surface area contributed by atoms with Gasteiger partial charge in [0.25, 0.3) is 0 Å². The second kappa shape index (κ2) is 5.20. The SMILES string of the molecule is Cc1cc(C)c2[nH]ccc2c1Cc1nc2cc(C#N)c(F)cc2[nH]1. The van der Waals surface area contributed by atoms with Gasteiger partial charge in [-0.15, -0.1) is 0 Å². The van der Waals surface area contributed by atoms with Crippen LogP contribution in [0.5, 0.6) is 0 Å². The van der Waals surface area contributed by atoms with Gasteiger partial charge in [0, 0.05) is 29.6 Å². The van der Waals surface area contributed by atoms with E-state index in [9.17, 15) is 4.39 Å². The summed E-state index contributed by atoms with van der Waals surface area (Å²) in [6, 6.07) is 8.89. The number of rotatable bonds is 2. The minimum absolute atomic E-state index is 0.0140. The highest BCUT2D eigenvalue weighted by atomic mass is 19.1. The molecule has 0 bridgehead atoms. The highest BCUT2D eigenvalue weighted by Crippen LogP contribution is 2.27. The van der Waals surface area contributed by atoms with Gasteiger partial charge in [-0.2, -0.15) is 5.26 Å². The Morgan fingerprint density at radius 2 is 2.04 bits per heavy atom. The molecule has 0 aliphatic rings. The zero-order valence-electron chi connectivity index (χ0n) is 13.4. The van der Waals surface area contributed by atoms with Gasteiger partial charge in [0.15, 0.2) is 0 Å². The number of nitrogens with one attached hydrogen (secondary N) is 2. The molecule has 2 N–H and O–H groups in total. The first-order chi connectivity index (χ1) is 11.6. The van der Waals surface area contributed by atoms with E-state index in [0.29, 0.717) is 17.5 Å². The summed E-state index contributed by atoms with van der Waals surface area (Å²) in [5, 5.41) is 10.1. The van der Waals surface area contributed by atoms with Gasteiger partial charge >= 0.3 is 0 Å². The lowest BCUT2D eigenvalue weighted by Crippen LogP contribution is -1.96. The number of fused-ring (bicyclic) bond motifs is 2. The minimum atomic E-state index is -0.528. The maximum atomic E-state index is 13.8. The van der Waals surface area contributed by atoms with Gasteiger partial charge in [-0.1, -0.05) is 6.07 Å². The fraction of sp³-hybridized carbons (Fsp3) is 0.158. The standard InChI is InChI=1S/C19H15FN4/c1-10-5-11(2)19-13(3-4-22-19)14(10)7-18-23-16-6-12(9-21)15(20)8-17(16)24-18/h3-6,8,22H,7H2,1-2H3,(H,23,24). The number of aromatic amines is 2. The molecular weight excluding hydrogens is 303 g/mol. The van der Waals surface area contributed by atoms with E-state index >= 15 is 0 Å². The molecule has 5 heteroatoms. The largest absolute Gasteiger partial charge is 0.361 e. The quantitative estimate of drug-likeness (QED) is 0.580. The zero-order chi connectivity index (χ0) is 16.8. The van der Waals surface area contributed by atoms with Crippen LogP contribution in [0.15, 0.2) is 30.5 Å². The molecule has 0 amide bonds. The van der Waals surface area contributed by atoms with Crippen molar-refractivity contribution in [2.45, 2.75) is 20.3 Å². The van der Waals surface area contributed by atoms with Crippen molar-refractivity contribution in [1.82, 2.24) is 15.0 Å². The number of benzene rings is 2. The van der Waals surface area contributed by atoms with Crippen LogP contribution in [0.2, 0.25) is 0 Å². The number of H-pyrrole nitrogens is 2. The van der Waals surface area contributed by atoms with Crippen molar-refractivity contribution in [3.05, 3.63) is 64.4 Å². The maximum Gasteiger partial charge on any atom is 0.143 e. The van der Waals surface area contributed by atoms with Crippen molar-refractivity contribution in [3.63, 3.8) is 0 Å². The molecule has 2 aromatic heterocycles. The Morgan fingerprint density at radius 1 is 1.21 bits per heavy atom. The molecule has 0 saturated carbocycles. The lowest BCUT2D eigenvalue weighted by molar-refractivity contribution is 0.625. The first kappa shape index (κ1) is 14.5. The monoisotopic (exact) mass is 318 g/mol. The van der Waals surface area contributed by atoms with E-state index in [2.05, 4.69) is 40.9 Å². The number of aryl methyl sites for hydroxylation is 2. The van der Waals surface area contributed by atoms with E-state index < -0.39 is 5.82 Å². The van der Waals surface area contributed by atoms with Crippen LogP contribution in [-0.2, 0) is 6.42 Å². The summed E-state index contributed by atoms with van der Waals surface area (Å²) in [6.07, 6.45) is 2.56. The fourth-order valence-corrected chi connectivity index (χ4v) is 3.30. The van der Waals surface area contributed by atoms with Crippen LogP contribution >= 0.6 is 0 Å². The molecular formula is C19H15FN4. The average molecular weight is 318 g/mol. The molecule has 0 radical (unpaired) electrons. The van der Waals surface area contributed by atoms with Crippen LogP contribution in [-0.4, -0.2) is 15.0 Å². The summed E-state index contributed by atoms with van der Waals surface area (Å²) in [4.78, 5) is 11.0. The summed E-state index contributed by atoms with van der Waals surface area (Å²) in [7, 11) is 0. The van der Waals surface area contributed by atoms with Gasteiger partial charge in [-0.3, -0.25) is 0 Å². The van der Waals surface area contributed by atoms with Crippen LogP contribution in [0, 0.1) is 31.0 Å². The maximum absolute atomic E-state index is 13.8. The van der Waals surface area contributed by atoms with Crippen molar-refractivity contribution in [2.75, 3.05) is 0 Å². The smallest absolute Gasteiger partial charge is 0.143 e. The number of hydrogen-bond acceptors (Lipinski definition) is 2. The first-order valence-electron chi connectivity index (χ1n) is 7.71. The molecule has 4 rings (SSSR count). The van der Waals surface area contributed by atoms with E-state index in [4.69, 9.17) is 5.26 Å². The number of nitrogens with zero attached hydrogens (tertiary/aromatic N) is 2.